The molecule has 104 valence electrons. The monoisotopic (exact) mass is 257 g/mol. The summed E-state index contributed by atoms with van der Waals surface area (Å²) in [5.74, 6) is -0.492. The molecule has 5 heteroatoms. The lowest BCUT2D eigenvalue weighted by molar-refractivity contribution is -0.157. The molecule has 0 aromatic heterocycles. The summed E-state index contributed by atoms with van der Waals surface area (Å²) in [4.78, 5) is 25.6. The van der Waals surface area contributed by atoms with Crippen LogP contribution in [0.2, 0.25) is 0 Å². The third-order valence-electron chi connectivity index (χ3n) is 3.36. The van der Waals surface area contributed by atoms with Crippen molar-refractivity contribution in [1.29, 1.82) is 0 Å². The highest BCUT2D eigenvalue weighted by atomic mass is 16.5. The largest absolute Gasteiger partial charge is 0.468 e. The van der Waals surface area contributed by atoms with Gasteiger partial charge in [0.15, 0.2) is 0 Å². The van der Waals surface area contributed by atoms with Crippen LogP contribution >= 0.6 is 0 Å². The first-order valence-electron chi connectivity index (χ1n) is 6.65. The fourth-order valence-corrected chi connectivity index (χ4v) is 2.49. The van der Waals surface area contributed by atoms with E-state index < -0.39 is 0 Å². The second kappa shape index (κ2) is 7.36. The van der Waals surface area contributed by atoms with Gasteiger partial charge in [0.1, 0.15) is 12.1 Å². The van der Waals surface area contributed by atoms with Gasteiger partial charge in [-0.15, -0.1) is 0 Å². The zero-order valence-corrected chi connectivity index (χ0v) is 11.5. The van der Waals surface area contributed by atoms with E-state index in [1.165, 1.54) is 7.11 Å². The lowest BCUT2D eigenvalue weighted by Gasteiger charge is -2.37. The fourth-order valence-electron chi connectivity index (χ4n) is 2.49. The Bertz CT molecular complexity index is 293. The lowest BCUT2D eigenvalue weighted by Crippen LogP contribution is -2.53. The number of carbonyl (C=O) groups is 2. The molecule has 0 saturated carbocycles. The maximum Gasteiger partial charge on any atom is 0.323 e. The van der Waals surface area contributed by atoms with Gasteiger partial charge in [0.2, 0.25) is 0 Å². The predicted molar refractivity (Wildman–Crippen MR) is 67.1 cm³/mol. The van der Waals surface area contributed by atoms with Crippen LogP contribution in [0.1, 0.15) is 39.5 Å². The molecule has 0 N–H and O–H groups in total. The van der Waals surface area contributed by atoms with E-state index in [9.17, 15) is 9.59 Å². The zero-order valence-electron chi connectivity index (χ0n) is 11.5. The van der Waals surface area contributed by atoms with Crippen molar-refractivity contribution in [1.82, 2.24) is 4.90 Å². The first-order chi connectivity index (χ1) is 8.65. The summed E-state index contributed by atoms with van der Waals surface area (Å²) in [5.41, 5.74) is 0. The van der Waals surface area contributed by atoms with E-state index in [4.69, 9.17) is 9.47 Å². The Labute approximate surface area is 108 Å². The molecule has 0 spiro atoms. The summed E-state index contributed by atoms with van der Waals surface area (Å²) >= 11 is 0. The van der Waals surface area contributed by atoms with Gasteiger partial charge in [0, 0.05) is 0 Å². The van der Waals surface area contributed by atoms with Gasteiger partial charge in [-0.3, -0.25) is 14.5 Å². The molecule has 18 heavy (non-hydrogen) atoms. The molecule has 1 saturated heterocycles. The molecular formula is C13H23NO4. The highest BCUT2D eigenvalue weighted by Crippen LogP contribution is 2.22. The van der Waals surface area contributed by atoms with Crippen LogP contribution < -0.4 is 0 Å². The van der Waals surface area contributed by atoms with Gasteiger partial charge in [-0.2, -0.15) is 0 Å². The van der Waals surface area contributed by atoms with E-state index >= 15 is 0 Å². The number of rotatable bonds is 5. The second-order valence-electron chi connectivity index (χ2n) is 4.45. The summed E-state index contributed by atoms with van der Waals surface area (Å²) < 4.78 is 9.90. The number of esters is 2. The van der Waals surface area contributed by atoms with E-state index in [0.29, 0.717) is 13.0 Å². The second-order valence-corrected chi connectivity index (χ2v) is 4.45. The van der Waals surface area contributed by atoms with E-state index in [1.807, 2.05) is 11.8 Å². The van der Waals surface area contributed by atoms with Crippen LogP contribution in [0, 0.1) is 0 Å². The molecular weight excluding hydrogens is 234 g/mol. The minimum atomic E-state index is -0.339. The first-order valence-corrected chi connectivity index (χ1v) is 6.65. The maximum absolute atomic E-state index is 11.9. The Morgan fingerprint density at radius 1 is 1.33 bits per heavy atom. The van der Waals surface area contributed by atoms with E-state index in [0.717, 1.165) is 25.8 Å². The van der Waals surface area contributed by atoms with Crippen molar-refractivity contribution in [2.75, 3.05) is 20.3 Å². The Kier molecular flexibility index (Phi) is 6.12. The Morgan fingerprint density at radius 3 is 2.61 bits per heavy atom. The van der Waals surface area contributed by atoms with Crippen LogP contribution in [-0.2, 0) is 19.1 Å². The van der Waals surface area contributed by atoms with Crippen LogP contribution in [0.3, 0.4) is 0 Å². The van der Waals surface area contributed by atoms with Crippen molar-refractivity contribution in [3.05, 3.63) is 0 Å². The Morgan fingerprint density at radius 2 is 2.06 bits per heavy atom. The molecule has 2 atom stereocenters. The van der Waals surface area contributed by atoms with Gasteiger partial charge in [0.25, 0.3) is 0 Å². The molecule has 1 rings (SSSR count). The van der Waals surface area contributed by atoms with Crippen LogP contribution in [0.4, 0.5) is 0 Å². The summed E-state index contributed by atoms with van der Waals surface area (Å²) in [6.07, 6.45) is 3.40. The van der Waals surface area contributed by atoms with Gasteiger partial charge in [-0.05, 0) is 32.7 Å². The quantitative estimate of drug-likeness (QED) is 0.696. The van der Waals surface area contributed by atoms with E-state index in [2.05, 4.69) is 0 Å². The van der Waals surface area contributed by atoms with Crippen LogP contribution in [0.25, 0.3) is 0 Å². The molecule has 1 heterocycles. The third kappa shape index (κ3) is 3.45. The van der Waals surface area contributed by atoms with Crippen molar-refractivity contribution in [2.24, 2.45) is 0 Å². The van der Waals surface area contributed by atoms with Crippen LogP contribution in [0.15, 0.2) is 0 Å². The number of nitrogens with zero attached hydrogens (tertiary/aromatic N) is 1. The molecule has 0 amide bonds. The molecule has 0 radical (unpaired) electrons. The molecule has 1 unspecified atom stereocenters. The van der Waals surface area contributed by atoms with Crippen LogP contribution in [0.5, 0.6) is 0 Å². The fraction of sp³-hybridized carbons (Fsp3) is 0.846. The van der Waals surface area contributed by atoms with E-state index in [-0.39, 0.29) is 24.0 Å². The smallest absolute Gasteiger partial charge is 0.323 e. The molecule has 5 nitrogen and oxygen atoms in total. The minimum absolute atomic E-state index is 0.240. The molecule has 1 aliphatic heterocycles. The summed E-state index contributed by atoms with van der Waals surface area (Å²) in [6, 6.07) is -0.646. The molecule has 1 aliphatic rings. The molecule has 0 aromatic rings. The first kappa shape index (κ1) is 15.0. The van der Waals surface area contributed by atoms with Crippen molar-refractivity contribution in [3.8, 4) is 0 Å². The third-order valence-corrected chi connectivity index (χ3v) is 3.36. The van der Waals surface area contributed by atoms with Gasteiger partial charge in [-0.1, -0.05) is 13.3 Å². The summed E-state index contributed by atoms with van der Waals surface area (Å²) in [5, 5.41) is 0. The molecule has 0 aliphatic carbocycles. The van der Waals surface area contributed by atoms with Gasteiger partial charge in [0.05, 0.1) is 13.7 Å². The predicted octanol–water partition coefficient (Wildman–Crippen LogP) is 1.36. The van der Waals surface area contributed by atoms with Crippen molar-refractivity contribution in [3.63, 3.8) is 0 Å². The Hall–Kier alpha value is -1.10. The number of piperidine rings is 1. The number of carbonyl (C=O) groups excluding carboxylic acids is 2. The highest BCUT2D eigenvalue weighted by molar-refractivity contribution is 5.79. The normalized spacial score (nSPS) is 22.3. The molecule has 1 fully saturated rings. The highest BCUT2D eigenvalue weighted by Gasteiger charge is 2.37. The average Bonchev–Trinajstić information content (AvgIpc) is 2.39. The lowest BCUT2D eigenvalue weighted by atomic mass is 9.98. The van der Waals surface area contributed by atoms with Gasteiger partial charge < -0.3 is 9.47 Å². The number of hydrogen-bond donors (Lipinski definition) is 0. The number of ether oxygens (including phenoxy) is 2. The van der Waals surface area contributed by atoms with Crippen molar-refractivity contribution >= 4 is 11.9 Å². The minimum Gasteiger partial charge on any atom is -0.468 e. The van der Waals surface area contributed by atoms with Crippen molar-refractivity contribution in [2.45, 2.75) is 51.6 Å². The zero-order chi connectivity index (χ0) is 13.5. The standard InChI is InChI=1S/C13H23NO4/c1-4-10(13(16)18-5-2)14-9-7-6-8-11(14)12(15)17-3/h10-11H,4-9H2,1-3H3/t10?,11-/m1/s1. The number of methoxy groups -OCH3 is 1. The summed E-state index contributed by atoms with van der Waals surface area (Å²) in [6.45, 7) is 4.84. The molecule has 0 bridgehead atoms. The van der Waals surface area contributed by atoms with Gasteiger partial charge in [-0.25, -0.2) is 0 Å². The average molecular weight is 257 g/mol. The maximum atomic E-state index is 11.9. The topological polar surface area (TPSA) is 55.8 Å². The number of hydrogen-bond acceptors (Lipinski definition) is 5. The number of likely N-dealkylation sites (tertiary alicyclic amines) is 1. The van der Waals surface area contributed by atoms with Gasteiger partial charge >= 0.3 is 11.9 Å². The summed E-state index contributed by atoms with van der Waals surface area (Å²) in [7, 11) is 1.39. The van der Waals surface area contributed by atoms with E-state index in [1.54, 1.807) is 6.92 Å². The Balaban J connectivity index is 2.79. The van der Waals surface area contributed by atoms with Crippen molar-refractivity contribution < 1.29 is 19.1 Å². The molecule has 0 aromatic carbocycles. The van der Waals surface area contributed by atoms with Crippen LogP contribution in [-0.4, -0.2) is 49.2 Å². The SMILES string of the molecule is CCOC(=O)C(CC)N1CCCC[C@@H]1C(=O)OC.